The Hall–Kier alpha value is -3.31. The lowest BCUT2D eigenvalue weighted by Gasteiger charge is -2.11. The van der Waals surface area contributed by atoms with Crippen molar-refractivity contribution in [3.8, 4) is 23.3 Å². The molecule has 2 nitrogen and oxygen atoms in total. The second-order valence-corrected chi connectivity index (χ2v) is 4.92. The molecule has 0 saturated heterocycles. The monoisotopic (exact) mass is 308 g/mol. The van der Waals surface area contributed by atoms with Gasteiger partial charge in [-0.1, -0.05) is 6.07 Å². The quantitative estimate of drug-likeness (QED) is 0.656. The van der Waals surface area contributed by atoms with Crippen molar-refractivity contribution in [2.75, 3.05) is 0 Å². The van der Waals surface area contributed by atoms with Crippen molar-refractivity contribution >= 4 is 10.8 Å². The molecule has 3 rings (SSSR count). The predicted octanol–water partition coefficient (Wildman–Crippen LogP) is 4.67. The smallest absolute Gasteiger partial charge is 0.126 e. The zero-order chi connectivity index (χ0) is 16.6. The SMILES string of the molecule is N#Cc1cc2ccc(F)cc2c(-c2cc(F)cc(F)c2)c1C#N. The molecular weight excluding hydrogens is 301 g/mol. The molecule has 0 fully saturated rings. The minimum absolute atomic E-state index is 0.0457. The van der Waals surface area contributed by atoms with Gasteiger partial charge in [-0.05, 0) is 46.7 Å². The molecular formula is C18H7F3N2. The van der Waals surface area contributed by atoms with Crippen LogP contribution in [0.1, 0.15) is 11.1 Å². The number of benzene rings is 3. The topological polar surface area (TPSA) is 47.6 Å². The standard InChI is InChI=1S/C18H7F3N2/c19-13-2-1-10-3-12(8-22)17(9-23)18(16(10)7-13)11-4-14(20)6-15(21)5-11/h1-7H. The zero-order valence-electron chi connectivity index (χ0n) is 11.6. The van der Waals surface area contributed by atoms with Gasteiger partial charge in [0.25, 0.3) is 0 Å². The van der Waals surface area contributed by atoms with E-state index in [0.29, 0.717) is 16.8 Å². The number of nitrogens with zero attached hydrogens (tertiary/aromatic N) is 2. The molecule has 0 amide bonds. The lowest BCUT2D eigenvalue weighted by atomic mass is 9.90. The third-order valence-corrected chi connectivity index (χ3v) is 3.49. The Kier molecular flexibility index (Phi) is 3.48. The molecule has 0 heterocycles. The van der Waals surface area contributed by atoms with Gasteiger partial charge in [0.15, 0.2) is 0 Å². The van der Waals surface area contributed by atoms with E-state index >= 15 is 0 Å². The zero-order valence-corrected chi connectivity index (χ0v) is 11.6. The Bertz CT molecular complexity index is 1010. The fraction of sp³-hybridized carbons (Fsp3) is 0. The van der Waals surface area contributed by atoms with Gasteiger partial charge in [-0.3, -0.25) is 0 Å². The van der Waals surface area contributed by atoms with Crippen LogP contribution in [0.2, 0.25) is 0 Å². The van der Waals surface area contributed by atoms with Gasteiger partial charge in [-0.15, -0.1) is 0 Å². The molecule has 0 unspecified atom stereocenters. The molecule has 0 atom stereocenters. The van der Waals surface area contributed by atoms with E-state index < -0.39 is 17.5 Å². The summed E-state index contributed by atoms with van der Waals surface area (Å²) in [6.45, 7) is 0. The van der Waals surface area contributed by atoms with Crippen LogP contribution < -0.4 is 0 Å². The molecule has 0 aromatic heterocycles. The second kappa shape index (κ2) is 5.47. The van der Waals surface area contributed by atoms with E-state index in [9.17, 15) is 23.7 Å². The van der Waals surface area contributed by atoms with E-state index in [1.54, 1.807) is 0 Å². The number of nitriles is 2. The molecule has 3 aromatic rings. The van der Waals surface area contributed by atoms with Crippen molar-refractivity contribution in [1.82, 2.24) is 0 Å². The fourth-order valence-electron chi connectivity index (χ4n) is 2.57. The van der Waals surface area contributed by atoms with Crippen LogP contribution >= 0.6 is 0 Å². The van der Waals surface area contributed by atoms with Gasteiger partial charge in [0.05, 0.1) is 11.1 Å². The predicted molar refractivity (Wildman–Crippen MR) is 78.7 cm³/mol. The highest BCUT2D eigenvalue weighted by atomic mass is 19.1. The minimum atomic E-state index is -0.823. The Morgan fingerprint density at radius 1 is 0.739 bits per heavy atom. The summed E-state index contributed by atoms with van der Waals surface area (Å²) in [4.78, 5) is 0. The lowest BCUT2D eigenvalue weighted by Crippen LogP contribution is -1.94. The van der Waals surface area contributed by atoms with Crippen LogP contribution in [-0.4, -0.2) is 0 Å². The van der Waals surface area contributed by atoms with Gasteiger partial charge >= 0.3 is 0 Å². The van der Waals surface area contributed by atoms with E-state index in [0.717, 1.165) is 12.1 Å². The molecule has 0 saturated carbocycles. The number of halogens is 3. The van der Waals surface area contributed by atoms with Crippen molar-refractivity contribution in [1.29, 1.82) is 10.5 Å². The summed E-state index contributed by atoms with van der Waals surface area (Å²) in [6, 6.07) is 11.8. The van der Waals surface area contributed by atoms with Crippen LogP contribution in [0.3, 0.4) is 0 Å². The number of hydrogen-bond acceptors (Lipinski definition) is 2. The molecule has 0 aliphatic carbocycles. The minimum Gasteiger partial charge on any atom is -0.207 e. The van der Waals surface area contributed by atoms with Gasteiger partial charge in [-0.25, -0.2) is 13.2 Å². The summed E-state index contributed by atoms with van der Waals surface area (Å²) < 4.78 is 40.7. The number of fused-ring (bicyclic) bond motifs is 1. The third-order valence-electron chi connectivity index (χ3n) is 3.49. The highest BCUT2D eigenvalue weighted by Gasteiger charge is 2.17. The first-order valence-electron chi connectivity index (χ1n) is 6.56. The maximum Gasteiger partial charge on any atom is 0.126 e. The maximum absolute atomic E-state index is 13.6. The third kappa shape index (κ3) is 2.49. The highest BCUT2D eigenvalue weighted by Crippen LogP contribution is 2.35. The summed E-state index contributed by atoms with van der Waals surface area (Å²) in [5.74, 6) is -2.20. The van der Waals surface area contributed by atoms with E-state index in [-0.39, 0.29) is 22.3 Å². The molecule has 23 heavy (non-hydrogen) atoms. The van der Waals surface area contributed by atoms with Gasteiger partial charge < -0.3 is 0 Å². The van der Waals surface area contributed by atoms with Crippen LogP contribution in [0.25, 0.3) is 21.9 Å². The Balaban J connectivity index is 2.53. The molecule has 0 bridgehead atoms. The van der Waals surface area contributed by atoms with Crippen molar-refractivity contribution in [2.45, 2.75) is 0 Å². The van der Waals surface area contributed by atoms with Crippen molar-refractivity contribution in [3.63, 3.8) is 0 Å². The van der Waals surface area contributed by atoms with Crippen LogP contribution in [0.4, 0.5) is 13.2 Å². The van der Waals surface area contributed by atoms with Crippen LogP contribution in [0.15, 0.2) is 42.5 Å². The van der Waals surface area contributed by atoms with Gasteiger partial charge in [0, 0.05) is 11.6 Å². The first-order chi connectivity index (χ1) is 11.0. The normalized spacial score (nSPS) is 10.3. The fourth-order valence-corrected chi connectivity index (χ4v) is 2.57. The molecule has 0 N–H and O–H groups in total. The van der Waals surface area contributed by atoms with Crippen LogP contribution in [-0.2, 0) is 0 Å². The lowest BCUT2D eigenvalue weighted by molar-refractivity contribution is 0.584. The van der Waals surface area contributed by atoms with Crippen LogP contribution in [0.5, 0.6) is 0 Å². The average Bonchev–Trinajstić information content (AvgIpc) is 2.51. The largest absolute Gasteiger partial charge is 0.207 e. The van der Waals surface area contributed by atoms with E-state index in [1.807, 2.05) is 12.1 Å². The number of rotatable bonds is 1. The molecule has 0 radical (unpaired) electrons. The van der Waals surface area contributed by atoms with Crippen molar-refractivity contribution in [3.05, 3.63) is 71.0 Å². The number of hydrogen-bond donors (Lipinski definition) is 0. The molecule has 5 heteroatoms. The van der Waals surface area contributed by atoms with E-state index in [1.165, 1.54) is 24.3 Å². The summed E-state index contributed by atoms with van der Waals surface area (Å²) in [7, 11) is 0. The molecule has 3 aromatic carbocycles. The first kappa shape index (κ1) is 14.6. The highest BCUT2D eigenvalue weighted by molar-refractivity contribution is 6.01. The Morgan fingerprint density at radius 2 is 1.43 bits per heavy atom. The summed E-state index contributed by atoms with van der Waals surface area (Å²) in [5, 5.41) is 19.4. The molecule has 0 spiro atoms. The van der Waals surface area contributed by atoms with Gasteiger partial charge in [0.2, 0.25) is 0 Å². The van der Waals surface area contributed by atoms with Crippen molar-refractivity contribution in [2.24, 2.45) is 0 Å². The Morgan fingerprint density at radius 3 is 2.04 bits per heavy atom. The van der Waals surface area contributed by atoms with Crippen molar-refractivity contribution < 1.29 is 13.2 Å². The molecule has 0 aliphatic heterocycles. The maximum atomic E-state index is 13.6. The van der Waals surface area contributed by atoms with E-state index in [4.69, 9.17) is 0 Å². The first-order valence-corrected chi connectivity index (χ1v) is 6.56. The van der Waals surface area contributed by atoms with Gasteiger partial charge in [-0.2, -0.15) is 10.5 Å². The van der Waals surface area contributed by atoms with Gasteiger partial charge in [0.1, 0.15) is 29.6 Å². The summed E-state index contributed by atoms with van der Waals surface area (Å²) in [6.07, 6.45) is 0. The van der Waals surface area contributed by atoms with Crippen LogP contribution in [0, 0.1) is 40.1 Å². The second-order valence-electron chi connectivity index (χ2n) is 4.92. The summed E-state index contributed by atoms with van der Waals surface area (Å²) in [5.41, 5.74) is 0.230. The summed E-state index contributed by atoms with van der Waals surface area (Å²) >= 11 is 0. The molecule has 110 valence electrons. The Labute approximate surface area is 129 Å². The average molecular weight is 308 g/mol. The van der Waals surface area contributed by atoms with E-state index in [2.05, 4.69) is 0 Å². The molecule has 0 aliphatic rings.